The number of benzene rings is 1. The van der Waals surface area contributed by atoms with Gasteiger partial charge in [0.1, 0.15) is 5.69 Å². The number of nitro benzene ring substituents is 1. The average Bonchev–Trinajstić information content (AvgIpc) is 3.20. The number of nitrogen functional groups attached to an aromatic ring is 1. The van der Waals surface area contributed by atoms with Gasteiger partial charge in [-0.3, -0.25) is 16.0 Å². The van der Waals surface area contributed by atoms with Crippen molar-refractivity contribution in [2.45, 2.75) is 23.8 Å². The van der Waals surface area contributed by atoms with Gasteiger partial charge in [-0.15, -0.1) is 0 Å². The summed E-state index contributed by atoms with van der Waals surface area (Å²) in [6.07, 6.45) is 1.55. The van der Waals surface area contributed by atoms with Gasteiger partial charge in [-0.05, 0) is 25.0 Å². The summed E-state index contributed by atoms with van der Waals surface area (Å²) >= 11 is 0. The lowest BCUT2D eigenvalue weighted by molar-refractivity contribution is -0.386. The monoisotopic (exact) mass is 286 g/mol. The van der Waals surface area contributed by atoms with E-state index in [-0.39, 0.29) is 16.6 Å². The summed E-state index contributed by atoms with van der Waals surface area (Å²) in [6, 6.07) is 3.91. The number of hydrogen-bond acceptors (Lipinski definition) is 6. The molecule has 1 aliphatic carbocycles. The third-order valence-corrected chi connectivity index (χ3v) is 5.00. The summed E-state index contributed by atoms with van der Waals surface area (Å²) in [7, 11) is -2.46. The van der Waals surface area contributed by atoms with E-state index in [4.69, 9.17) is 5.84 Å². The summed E-state index contributed by atoms with van der Waals surface area (Å²) in [5.74, 6) is 5.19. The smallest absolute Gasteiger partial charge is 0.313 e. The first kappa shape index (κ1) is 13.7. The standard InChI is InChI=1S/C10H14N4O4S/c1-13(7-5-6-7)19(17,18)9-4-2-3-8(12-11)10(9)14(15)16/h2-4,7,12H,5-6,11H2,1H3. The molecule has 8 nitrogen and oxygen atoms in total. The molecule has 0 aromatic heterocycles. The number of rotatable bonds is 5. The lowest BCUT2D eigenvalue weighted by atomic mass is 10.3. The second kappa shape index (κ2) is 4.76. The predicted octanol–water partition coefficient (Wildman–Crippen LogP) is 0.663. The number of para-hydroxylation sites is 1. The van der Waals surface area contributed by atoms with Crippen molar-refractivity contribution in [1.29, 1.82) is 0 Å². The number of hydrazine groups is 1. The fourth-order valence-electron chi connectivity index (χ4n) is 1.82. The number of sulfonamides is 1. The minimum Gasteiger partial charge on any atom is -0.318 e. The molecule has 2 rings (SSSR count). The van der Waals surface area contributed by atoms with Crippen LogP contribution in [-0.2, 0) is 10.0 Å². The Morgan fingerprint density at radius 3 is 2.58 bits per heavy atom. The first-order valence-corrected chi connectivity index (χ1v) is 7.05. The second-order valence-electron chi connectivity index (χ2n) is 4.31. The third kappa shape index (κ3) is 2.39. The van der Waals surface area contributed by atoms with Crippen LogP contribution < -0.4 is 11.3 Å². The van der Waals surface area contributed by atoms with Crippen molar-refractivity contribution in [3.63, 3.8) is 0 Å². The van der Waals surface area contributed by atoms with Crippen LogP contribution in [0.15, 0.2) is 23.1 Å². The molecule has 1 saturated carbocycles. The zero-order chi connectivity index (χ0) is 14.2. The van der Waals surface area contributed by atoms with Crippen LogP contribution >= 0.6 is 0 Å². The Balaban J connectivity index is 2.58. The van der Waals surface area contributed by atoms with Crippen LogP contribution in [-0.4, -0.2) is 30.7 Å². The van der Waals surface area contributed by atoms with E-state index in [0.29, 0.717) is 0 Å². The molecule has 1 aliphatic rings. The van der Waals surface area contributed by atoms with E-state index >= 15 is 0 Å². The third-order valence-electron chi connectivity index (χ3n) is 3.06. The summed E-state index contributed by atoms with van der Waals surface area (Å²) in [5, 5.41) is 11.1. The van der Waals surface area contributed by atoms with Crippen molar-refractivity contribution in [2.24, 2.45) is 5.84 Å². The topological polar surface area (TPSA) is 119 Å². The van der Waals surface area contributed by atoms with Gasteiger partial charge in [0.25, 0.3) is 0 Å². The highest BCUT2D eigenvalue weighted by Crippen LogP contribution is 2.36. The summed E-state index contributed by atoms with van der Waals surface area (Å²) in [4.78, 5) is 9.99. The van der Waals surface area contributed by atoms with Crippen molar-refractivity contribution >= 4 is 21.4 Å². The van der Waals surface area contributed by atoms with Gasteiger partial charge in [-0.1, -0.05) is 6.07 Å². The fourth-order valence-corrected chi connectivity index (χ4v) is 3.42. The van der Waals surface area contributed by atoms with Crippen LogP contribution in [0.3, 0.4) is 0 Å². The molecule has 0 saturated heterocycles. The van der Waals surface area contributed by atoms with Gasteiger partial charge in [0, 0.05) is 13.1 Å². The molecule has 0 aliphatic heterocycles. The Morgan fingerprint density at radius 1 is 1.47 bits per heavy atom. The molecule has 1 fully saturated rings. The molecule has 3 N–H and O–H groups in total. The van der Waals surface area contributed by atoms with E-state index in [9.17, 15) is 18.5 Å². The van der Waals surface area contributed by atoms with Gasteiger partial charge >= 0.3 is 5.69 Å². The van der Waals surface area contributed by atoms with Crippen LogP contribution in [0, 0.1) is 10.1 Å². The van der Waals surface area contributed by atoms with Gasteiger partial charge in [0.05, 0.1) is 4.92 Å². The first-order valence-electron chi connectivity index (χ1n) is 5.61. The van der Waals surface area contributed by atoms with Crippen LogP contribution in [0.2, 0.25) is 0 Å². The molecule has 0 heterocycles. The molecule has 9 heteroatoms. The van der Waals surface area contributed by atoms with E-state index < -0.39 is 20.6 Å². The zero-order valence-electron chi connectivity index (χ0n) is 10.2. The van der Waals surface area contributed by atoms with Gasteiger partial charge < -0.3 is 5.43 Å². The number of hydrogen-bond donors (Lipinski definition) is 2. The van der Waals surface area contributed by atoms with E-state index in [0.717, 1.165) is 12.8 Å². The quantitative estimate of drug-likeness (QED) is 0.466. The minimum absolute atomic E-state index is 0.0322. The second-order valence-corrected chi connectivity index (χ2v) is 6.27. The molecule has 0 amide bonds. The van der Waals surface area contributed by atoms with E-state index in [1.807, 2.05) is 0 Å². The Bertz CT molecular complexity index is 612. The maximum atomic E-state index is 12.4. The summed E-state index contributed by atoms with van der Waals surface area (Å²) in [6.45, 7) is 0. The molecule has 0 bridgehead atoms. The maximum Gasteiger partial charge on any atom is 0.313 e. The Hall–Kier alpha value is -1.71. The van der Waals surface area contributed by atoms with Crippen molar-refractivity contribution in [3.8, 4) is 0 Å². The van der Waals surface area contributed by atoms with Gasteiger partial charge in [0.15, 0.2) is 4.90 Å². The molecule has 1 aromatic rings. The normalized spacial score (nSPS) is 15.5. The number of anilines is 1. The van der Waals surface area contributed by atoms with E-state index in [1.54, 1.807) is 0 Å². The molecular weight excluding hydrogens is 272 g/mol. The zero-order valence-corrected chi connectivity index (χ0v) is 11.1. The maximum absolute atomic E-state index is 12.4. The van der Waals surface area contributed by atoms with Crippen molar-refractivity contribution < 1.29 is 13.3 Å². The highest BCUT2D eigenvalue weighted by atomic mass is 32.2. The van der Waals surface area contributed by atoms with E-state index in [2.05, 4.69) is 5.43 Å². The number of nitrogens with zero attached hydrogens (tertiary/aromatic N) is 2. The molecular formula is C10H14N4O4S. The van der Waals surface area contributed by atoms with Crippen molar-refractivity contribution in [2.75, 3.05) is 12.5 Å². The predicted molar refractivity (Wildman–Crippen MR) is 68.9 cm³/mol. The van der Waals surface area contributed by atoms with Crippen LogP contribution in [0.4, 0.5) is 11.4 Å². The average molecular weight is 286 g/mol. The largest absolute Gasteiger partial charge is 0.318 e. The van der Waals surface area contributed by atoms with Crippen LogP contribution in [0.5, 0.6) is 0 Å². The lowest BCUT2D eigenvalue weighted by Gasteiger charge is -2.17. The summed E-state index contributed by atoms with van der Waals surface area (Å²) in [5.41, 5.74) is 1.59. The Morgan fingerprint density at radius 2 is 2.11 bits per heavy atom. The van der Waals surface area contributed by atoms with Crippen LogP contribution in [0.1, 0.15) is 12.8 Å². The molecule has 0 radical (unpaired) electrons. The molecule has 19 heavy (non-hydrogen) atoms. The first-order chi connectivity index (χ1) is 8.89. The lowest BCUT2D eigenvalue weighted by Crippen LogP contribution is -2.29. The Kier molecular flexibility index (Phi) is 3.43. The van der Waals surface area contributed by atoms with Gasteiger partial charge in [-0.25, -0.2) is 8.42 Å². The molecule has 0 spiro atoms. The number of nitro groups is 1. The SMILES string of the molecule is CN(C1CC1)S(=O)(=O)c1cccc(NN)c1[N+](=O)[O-]. The molecule has 0 unspecified atom stereocenters. The van der Waals surface area contributed by atoms with E-state index in [1.165, 1.54) is 29.6 Å². The number of nitrogens with two attached hydrogens (primary N) is 1. The van der Waals surface area contributed by atoms with Crippen molar-refractivity contribution in [3.05, 3.63) is 28.3 Å². The molecule has 0 atom stereocenters. The van der Waals surface area contributed by atoms with Gasteiger partial charge in [0.2, 0.25) is 10.0 Å². The Labute approximate surface area is 110 Å². The summed E-state index contributed by atoms with van der Waals surface area (Å²) < 4.78 is 25.9. The number of nitrogens with one attached hydrogen (secondary N) is 1. The highest BCUT2D eigenvalue weighted by molar-refractivity contribution is 7.89. The fraction of sp³-hybridized carbons (Fsp3) is 0.400. The van der Waals surface area contributed by atoms with Gasteiger partial charge in [-0.2, -0.15) is 4.31 Å². The van der Waals surface area contributed by atoms with Crippen LogP contribution in [0.25, 0.3) is 0 Å². The molecule has 104 valence electrons. The highest BCUT2D eigenvalue weighted by Gasteiger charge is 2.39. The minimum atomic E-state index is -3.89. The van der Waals surface area contributed by atoms with Crippen molar-refractivity contribution in [1.82, 2.24) is 4.31 Å². The molecule has 1 aromatic carbocycles.